The minimum atomic E-state index is -3.66. The second-order valence-corrected chi connectivity index (χ2v) is 6.07. The third-order valence-corrected chi connectivity index (χ3v) is 4.08. The molecule has 0 aromatic heterocycles. The lowest BCUT2D eigenvalue weighted by molar-refractivity contribution is 0.167. The van der Waals surface area contributed by atoms with E-state index in [-0.39, 0.29) is 17.1 Å². The number of hydrogen-bond acceptors (Lipinski definition) is 4. The van der Waals surface area contributed by atoms with Crippen LogP contribution in [0.1, 0.15) is 25.3 Å². The van der Waals surface area contributed by atoms with E-state index in [0.29, 0.717) is 6.42 Å². The van der Waals surface area contributed by atoms with Crippen LogP contribution in [-0.2, 0) is 10.0 Å². The Balaban J connectivity index is 2.80. The molecule has 0 bridgehead atoms. The van der Waals surface area contributed by atoms with Crippen LogP contribution in [0.15, 0.2) is 23.1 Å². The number of nitrogens with two attached hydrogens (primary N) is 1. The normalized spacial score (nSPS) is 13.5. The molecule has 1 aromatic carbocycles. The van der Waals surface area contributed by atoms with Gasteiger partial charge < -0.3 is 10.8 Å². The van der Waals surface area contributed by atoms with Crippen LogP contribution in [0.2, 0.25) is 0 Å². The highest BCUT2D eigenvalue weighted by atomic mass is 32.2. The summed E-state index contributed by atoms with van der Waals surface area (Å²) in [5, 5.41) is 9.51. The van der Waals surface area contributed by atoms with Gasteiger partial charge in [0.25, 0.3) is 0 Å². The Kier molecular flexibility index (Phi) is 5.13. The zero-order chi connectivity index (χ0) is 13.8. The number of benzene rings is 1. The Morgan fingerprint density at radius 3 is 2.67 bits per heavy atom. The van der Waals surface area contributed by atoms with Gasteiger partial charge in [-0.1, -0.05) is 19.4 Å². The smallest absolute Gasteiger partial charge is 0.242 e. The summed E-state index contributed by atoms with van der Waals surface area (Å²) in [6.45, 7) is 3.77. The van der Waals surface area contributed by atoms with Crippen molar-refractivity contribution in [2.45, 2.75) is 37.7 Å². The average molecular weight is 272 g/mol. The quantitative estimate of drug-likeness (QED) is 0.674. The highest BCUT2D eigenvalue weighted by Crippen LogP contribution is 2.19. The lowest BCUT2D eigenvalue weighted by Crippen LogP contribution is -2.32. The monoisotopic (exact) mass is 272 g/mol. The van der Waals surface area contributed by atoms with Crippen molar-refractivity contribution in [3.05, 3.63) is 23.8 Å². The van der Waals surface area contributed by atoms with E-state index >= 15 is 0 Å². The number of nitrogen functional groups attached to an aromatic ring is 1. The van der Waals surface area contributed by atoms with E-state index in [9.17, 15) is 13.5 Å². The van der Waals surface area contributed by atoms with Gasteiger partial charge in [0.05, 0.1) is 11.8 Å². The first-order valence-corrected chi connectivity index (χ1v) is 7.39. The standard InChI is InChI=1S/C12H20N2O3S/c1-3-4-10(15)8-14-18(16,17)12-6-5-9(2)7-11(12)13/h5-7,10,14-15H,3-4,8,13H2,1-2H3. The maximum absolute atomic E-state index is 12.0. The second-order valence-electron chi connectivity index (χ2n) is 4.34. The molecule has 4 N–H and O–H groups in total. The molecule has 5 nitrogen and oxygen atoms in total. The number of hydrogen-bond donors (Lipinski definition) is 3. The van der Waals surface area contributed by atoms with Gasteiger partial charge in [-0.2, -0.15) is 0 Å². The van der Waals surface area contributed by atoms with E-state index in [2.05, 4.69) is 4.72 Å². The molecule has 1 aromatic rings. The van der Waals surface area contributed by atoms with Gasteiger partial charge in [-0.25, -0.2) is 13.1 Å². The van der Waals surface area contributed by atoms with Crippen molar-refractivity contribution in [2.24, 2.45) is 0 Å². The van der Waals surface area contributed by atoms with Gasteiger partial charge in [0.15, 0.2) is 0 Å². The summed E-state index contributed by atoms with van der Waals surface area (Å²) in [7, 11) is -3.66. The molecule has 1 rings (SSSR count). The first kappa shape index (κ1) is 14.9. The summed E-state index contributed by atoms with van der Waals surface area (Å²) < 4.78 is 26.3. The Bertz CT molecular complexity index is 500. The lowest BCUT2D eigenvalue weighted by Gasteiger charge is -2.12. The first-order valence-electron chi connectivity index (χ1n) is 5.90. The van der Waals surface area contributed by atoms with E-state index in [1.165, 1.54) is 6.07 Å². The SMILES string of the molecule is CCCC(O)CNS(=O)(=O)c1ccc(C)cc1N. The molecule has 0 aliphatic heterocycles. The van der Waals surface area contributed by atoms with Crippen LogP contribution in [-0.4, -0.2) is 26.2 Å². The van der Waals surface area contributed by atoms with Crippen molar-refractivity contribution in [1.29, 1.82) is 0 Å². The van der Waals surface area contributed by atoms with Gasteiger partial charge in [-0.3, -0.25) is 0 Å². The van der Waals surface area contributed by atoms with Crippen molar-refractivity contribution in [3.63, 3.8) is 0 Å². The van der Waals surface area contributed by atoms with Gasteiger partial charge in [-0.05, 0) is 31.0 Å². The molecular weight excluding hydrogens is 252 g/mol. The van der Waals surface area contributed by atoms with Crippen molar-refractivity contribution >= 4 is 15.7 Å². The molecule has 0 heterocycles. The van der Waals surface area contributed by atoms with Crippen LogP contribution < -0.4 is 10.5 Å². The van der Waals surface area contributed by atoms with E-state index in [1.807, 2.05) is 13.8 Å². The molecule has 0 aliphatic carbocycles. The molecule has 18 heavy (non-hydrogen) atoms. The number of nitrogens with one attached hydrogen (secondary N) is 1. The Morgan fingerprint density at radius 2 is 2.11 bits per heavy atom. The Hall–Kier alpha value is -1.11. The lowest BCUT2D eigenvalue weighted by atomic mass is 10.2. The fraction of sp³-hybridized carbons (Fsp3) is 0.500. The molecule has 0 saturated heterocycles. The van der Waals surface area contributed by atoms with Gasteiger partial charge in [0.1, 0.15) is 4.90 Å². The summed E-state index contributed by atoms with van der Waals surface area (Å²) in [6, 6.07) is 4.77. The molecule has 0 aliphatic rings. The molecule has 0 spiro atoms. The minimum Gasteiger partial charge on any atom is -0.398 e. The van der Waals surface area contributed by atoms with Gasteiger partial charge in [-0.15, -0.1) is 0 Å². The molecule has 0 radical (unpaired) electrons. The zero-order valence-electron chi connectivity index (χ0n) is 10.7. The topological polar surface area (TPSA) is 92.4 Å². The predicted octanol–water partition coefficient (Wildman–Crippen LogP) is 1.02. The summed E-state index contributed by atoms with van der Waals surface area (Å²) >= 11 is 0. The van der Waals surface area contributed by atoms with Gasteiger partial charge in [0, 0.05) is 6.54 Å². The van der Waals surface area contributed by atoms with Gasteiger partial charge in [0.2, 0.25) is 10.0 Å². The van der Waals surface area contributed by atoms with Crippen LogP contribution in [0, 0.1) is 6.92 Å². The summed E-state index contributed by atoms with van der Waals surface area (Å²) in [5.74, 6) is 0. The maximum atomic E-state index is 12.0. The minimum absolute atomic E-state index is 0.00346. The summed E-state index contributed by atoms with van der Waals surface area (Å²) in [6.07, 6.45) is 0.693. The molecule has 1 unspecified atom stereocenters. The maximum Gasteiger partial charge on any atom is 0.242 e. The van der Waals surface area contributed by atoms with Crippen LogP contribution in [0.5, 0.6) is 0 Å². The second kappa shape index (κ2) is 6.17. The molecule has 0 amide bonds. The number of aliphatic hydroxyl groups excluding tert-OH is 1. The highest BCUT2D eigenvalue weighted by Gasteiger charge is 2.18. The molecule has 6 heteroatoms. The fourth-order valence-electron chi connectivity index (χ4n) is 1.63. The Morgan fingerprint density at radius 1 is 1.44 bits per heavy atom. The predicted molar refractivity (Wildman–Crippen MR) is 71.7 cm³/mol. The summed E-state index contributed by atoms with van der Waals surface area (Å²) in [4.78, 5) is 0.0526. The third kappa shape index (κ3) is 3.97. The van der Waals surface area contributed by atoms with Crippen molar-refractivity contribution in [2.75, 3.05) is 12.3 Å². The largest absolute Gasteiger partial charge is 0.398 e. The fourth-order valence-corrected chi connectivity index (χ4v) is 2.82. The van der Waals surface area contributed by atoms with Crippen LogP contribution in [0.3, 0.4) is 0 Å². The number of rotatable bonds is 6. The molecule has 1 atom stereocenters. The highest BCUT2D eigenvalue weighted by molar-refractivity contribution is 7.89. The molecular formula is C12H20N2O3S. The molecule has 0 saturated carbocycles. The third-order valence-electron chi connectivity index (χ3n) is 2.59. The number of aliphatic hydroxyl groups is 1. The molecule has 0 fully saturated rings. The van der Waals surface area contributed by atoms with Crippen molar-refractivity contribution in [3.8, 4) is 0 Å². The summed E-state index contributed by atoms with van der Waals surface area (Å²) in [5.41, 5.74) is 6.81. The van der Waals surface area contributed by atoms with Crippen molar-refractivity contribution < 1.29 is 13.5 Å². The zero-order valence-corrected chi connectivity index (χ0v) is 11.5. The van der Waals surface area contributed by atoms with Crippen LogP contribution >= 0.6 is 0 Å². The Labute approximate surface area is 108 Å². The van der Waals surface area contributed by atoms with Crippen molar-refractivity contribution in [1.82, 2.24) is 4.72 Å². The van der Waals surface area contributed by atoms with E-state index < -0.39 is 16.1 Å². The van der Waals surface area contributed by atoms with Crippen LogP contribution in [0.4, 0.5) is 5.69 Å². The van der Waals surface area contributed by atoms with E-state index in [4.69, 9.17) is 5.73 Å². The number of aryl methyl sites for hydroxylation is 1. The van der Waals surface area contributed by atoms with E-state index in [0.717, 1.165) is 12.0 Å². The van der Waals surface area contributed by atoms with Gasteiger partial charge >= 0.3 is 0 Å². The van der Waals surface area contributed by atoms with E-state index in [1.54, 1.807) is 12.1 Å². The average Bonchev–Trinajstić information content (AvgIpc) is 2.26. The number of anilines is 1. The number of sulfonamides is 1. The first-order chi connectivity index (χ1) is 8.36. The molecule has 102 valence electrons. The van der Waals surface area contributed by atoms with Crippen LogP contribution in [0.25, 0.3) is 0 Å².